The van der Waals surface area contributed by atoms with Crippen LogP contribution in [0.2, 0.25) is 0 Å². The van der Waals surface area contributed by atoms with Crippen LogP contribution < -0.4 is 4.74 Å². The van der Waals surface area contributed by atoms with Crippen LogP contribution in [-0.2, 0) is 13.2 Å². The van der Waals surface area contributed by atoms with E-state index in [0.717, 1.165) is 4.47 Å². The maximum atomic E-state index is 13.2. The van der Waals surface area contributed by atoms with Crippen LogP contribution >= 0.6 is 15.9 Å². The zero-order valence-corrected chi connectivity index (χ0v) is 12.0. The minimum atomic E-state index is -0.408. The van der Waals surface area contributed by atoms with Crippen molar-refractivity contribution < 1.29 is 14.2 Å². The summed E-state index contributed by atoms with van der Waals surface area (Å²) in [5.41, 5.74) is 1.56. The molecule has 0 aliphatic rings. The highest BCUT2D eigenvalue weighted by Crippen LogP contribution is 2.23. The van der Waals surface area contributed by atoms with Gasteiger partial charge in [0.1, 0.15) is 18.2 Å². The van der Waals surface area contributed by atoms with Crippen LogP contribution in [0.4, 0.5) is 4.39 Å². The maximum Gasteiger partial charge on any atom is 0.123 e. The highest BCUT2D eigenvalue weighted by atomic mass is 79.9. The molecule has 0 saturated carbocycles. The second-order valence-electron chi connectivity index (χ2n) is 4.11. The van der Waals surface area contributed by atoms with E-state index in [1.807, 2.05) is 6.07 Å². The predicted molar refractivity (Wildman–Crippen MR) is 75.5 cm³/mol. The smallest absolute Gasteiger partial charge is 0.123 e. The fraction of sp³-hybridized carbons (Fsp3) is 0.133. The molecule has 0 fully saturated rings. The van der Waals surface area contributed by atoms with E-state index in [4.69, 9.17) is 15.1 Å². The summed E-state index contributed by atoms with van der Waals surface area (Å²) in [6.07, 6.45) is 0. The number of nitrogens with zero attached hydrogens (tertiary/aromatic N) is 1. The minimum Gasteiger partial charge on any atom is -0.489 e. The van der Waals surface area contributed by atoms with Gasteiger partial charge in [-0.2, -0.15) is 5.26 Å². The minimum absolute atomic E-state index is 0.0904. The summed E-state index contributed by atoms with van der Waals surface area (Å²) in [5.74, 6) is 0.139. The van der Waals surface area contributed by atoms with Crippen molar-refractivity contribution in [1.29, 1.82) is 5.26 Å². The number of hydrogen-bond acceptors (Lipinski definition) is 3. The first kappa shape index (κ1) is 14.5. The zero-order chi connectivity index (χ0) is 14.5. The molecule has 1 N–H and O–H groups in total. The molecule has 2 aromatic rings. The number of nitriles is 1. The van der Waals surface area contributed by atoms with Gasteiger partial charge in [-0.3, -0.25) is 0 Å². The lowest BCUT2D eigenvalue weighted by molar-refractivity contribution is 0.277. The molecule has 0 atom stereocenters. The van der Waals surface area contributed by atoms with E-state index in [0.29, 0.717) is 22.4 Å². The van der Waals surface area contributed by atoms with Crippen LogP contribution in [0.3, 0.4) is 0 Å². The average molecular weight is 336 g/mol. The summed E-state index contributed by atoms with van der Waals surface area (Å²) in [6.45, 7) is -0.0195. The molecule has 20 heavy (non-hydrogen) atoms. The number of benzene rings is 2. The molecule has 2 aromatic carbocycles. The van der Waals surface area contributed by atoms with Gasteiger partial charge in [-0.05, 0) is 42.0 Å². The number of hydrogen-bond donors (Lipinski definition) is 1. The van der Waals surface area contributed by atoms with Crippen molar-refractivity contribution in [3.8, 4) is 11.8 Å². The molecule has 0 unspecified atom stereocenters. The molecule has 102 valence electrons. The van der Waals surface area contributed by atoms with E-state index >= 15 is 0 Å². The van der Waals surface area contributed by atoms with Crippen molar-refractivity contribution in [2.45, 2.75) is 13.2 Å². The van der Waals surface area contributed by atoms with Gasteiger partial charge in [-0.15, -0.1) is 0 Å². The van der Waals surface area contributed by atoms with E-state index in [9.17, 15) is 4.39 Å². The third kappa shape index (κ3) is 3.35. The van der Waals surface area contributed by atoms with Crippen LogP contribution in [0.15, 0.2) is 40.9 Å². The molecule has 0 aromatic heterocycles. The first-order valence-electron chi connectivity index (χ1n) is 5.84. The molecule has 0 heterocycles. The number of ether oxygens (including phenoxy) is 1. The Morgan fingerprint density at radius 2 is 2.00 bits per heavy atom. The van der Waals surface area contributed by atoms with Crippen LogP contribution in [0, 0.1) is 17.1 Å². The Labute approximate surface area is 124 Å². The van der Waals surface area contributed by atoms with Gasteiger partial charge in [0.25, 0.3) is 0 Å². The Bertz CT molecular complexity index is 667. The number of aliphatic hydroxyl groups is 1. The zero-order valence-electron chi connectivity index (χ0n) is 10.4. The molecule has 0 saturated heterocycles. The molecule has 0 aliphatic carbocycles. The highest BCUT2D eigenvalue weighted by molar-refractivity contribution is 9.10. The molecular weight excluding hydrogens is 325 g/mol. The lowest BCUT2D eigenvalue weighted by Crippen LogP contribution is -2.00. The van der Waals surface area contributed by atoms with E-state index in [1.54, 1.807) is 18.2 Å². The lowest BCUT2D eigenvalue weighted by Gasteiger charge is -2.09. The SMILES string of the molecule is N#Cc1ccc(F)cc1COc1ccc(Br)c(CO)c1. The van der Waals surface area contributed by atoms with E-state index in [-0.39, 0.29) is 13.2 Å². The summed E-state index contributed by atoms with van der Waals surface area (Å²) >= 11 is 3.31. The number of aliphatic hydroxyl groups excluding tert-OH is 1. The van der Waals surface area contributed by atoms with E-state index in [2.05, 4.69) is 15.9 Å². The highest BCUT2D eigenvalue weighted by Gasteiger charge is 2.06. The molecule has 3 nitrogen and oxygen atoms in total. The Hall–Kier alpha value is -1.90. The Morgan fingerprint density at radius 3 is 2.70 bits per heavy atom. The van der Waals surface area contributed by atoms with Gasteiger partial charge in [0.15, 0.2) is 0 Å². The van der Waals surface area contributed by atoms with Gasteiger partial charge in [0, 0.05) is 10.0 Å². The fourth-order valence-corrected chi connectivity index (χ4v) is 2.09. The Morgan fingerprint density at radius 1 is 1.20 bits per heavy atom. The molecule has 0 bridgehead atoms. The molecule has 0 aliphatic heterocycles. The average Bonchev–Trinajstić information content (AvgIpc) is 2.46. The molecule has 2 rings (SSSR count). The summed E-state index contributed by atoms with van der Waals surface area (Å²) in [5, 5.41) is 18.1. The van der Waals surface area contributed by atoms with Gasteiger partial charge < -0.3 is 9.84 Å². The van der Waals surface area contributed by atoms with Crippen LogP contribution in [-0.4, -0.2) is 5.11 Å². The van der Waals surface area contributed by atoms with Crippen LogP contribution in [0.1, 0.15) is 16.7 Å². The van der Waals surface area contributed by atoms with Gasteiger partial charge in [-0.1, -0.05) is 15.9 Å². The summed E-state index contributed by atoms with van der Waals surface area (Å²) in [7, 11) is 0. The molecule has 5 heteroatoms. The summed E-state index contributed by atoms with van der Waals surface area (Å²) in [6, 6.07) is 11.1. The molecule has 0 amide bonds. The van der Waals surface area contributed by atoms with Crippen molar-refractivity contribution in [2.24, 2.45) is 0 Å². The van der Waals surface area contributed by atoms with Crippen molar-refractivity contribution in [3.63, 3.8) is 0 Å². The van der Waals surface area contributed by atoms with Gasteiger partial charge in [0.2, 0.25) is 0 Å². The van der Waals surface area contributed by atoms with Gasteiger partial charge >= 0.3 is 0 Å². The second-order valence-corrected chi connectivity index (χ2v) is 4.97. The van der Waals surface area contributed by atoms with Crippen LogP contribution in [0.25, 0.3) is 0 Å². The molecular formula is C15H11BrFNO2. The fourth-order valence-electron chi connectivity index (χ4n) is 1.71. The topological polar surface area (TPSA) is 53.2 Å². The quantitative estimate of drug-likeness (QED) is 0.929. The van der Waals surface area contributed by atoms with Crippen molar-refractivity contribution >= 4 is 15.9 Å². The van der Waals surface area contributed by atoms with E-state index < -0.39 is 5.82 Å². The standard InChI is InChI=1S/C15H11BrFNO2/c16-15-4-3-14(6-11(15)8-19)20-9-12-5-13(17)2-1-10(12)7-18/h1-6,19H,8-9H2. The number of rotatable bonds is 4. The van der Waals surface area contributed by atoms with Crippen molar-refractivity contribution in [1.82, 2.24) is 0 Å². The Kier molecular flexibility index (Phi) is 4.72. The molecule has 0 radical (unpaired) electrons. The van der Waals surface area contributed by atoms with E-state index in [1.165, 1.54) is 18.2 Å². The lowest BCUT2D eigenvalue weighted by atomic mass is 10.1. The molecule has 0 spiro atoms. The Balaban J connectivity index is 2.17. The maximum absolute atomic E-state index is 13.2. The third-order valence-corrected chi connectivity index (χ3v) is 3.54. The van der Waals surface area contributed by atoms with Gasteiger partial charge in [-0.25, -0.2) is 4.39 Å². The largest absolute Gasteiger partial charge is 0.489 e. The summed E-state index contributed by atoms with van der Waals surface area (Å²) < 4.78 is 19.5. The monoisotopic (exact) mass is 335 g/mol. The second kappa shape index (κ2) is 6.51. The van der Waals surface area contributed by atoms with Gasteiger partial charge in [0.05, 0.1) is 18.2 Å². The predicted octanol–water partition coefficient (Wildman–Crippen LogP) is 3.53. The summed E-state index contributed by atoms with van der Waals surface area (Å²) in [4.78, 5) is 0. The first-order chi connectivity index (χ1) is 9.63. The third-order valence-electron chi connectivity index (χ3n) is 2.77. The van der Waals surface area contributed by atoms with Crippen molar-refractivity contribution in [3.05, 3.63) is 63.4 Å². The van der Waals surface area contributed by atoms with Crippen molar-refractivity contribution in [2.75, 3.05) is 0 Å². The van der Waals surface area contributed by atoms with Crippen LogP contribution in [0.5, 0.6) is 5.75 Å². The number of halogens is 2. The normalized spacial score (nSPS) is 10.1. The first-order valence-corrected chi connectivity index (χ1v) is 6.64.